The molecule has 144 valence electrons. The van der Waals surface area contributed by atoms with Crippen LogP contribution in [0.2, 0.25) is 0 Å². The van der Waals surface area contributed by atoms with Gasteiger partial charge in [0, 0.05) is 17.7 Å². The number of aromatic nitrogens is 2. The molecule has 1 heterocycles. The summed E-state index contributed by atoms with van der Waals surface area (Å²) in [6, 6.07) is 6.73. The number of ether oxygens (including phenoxy) is 1. The summed E-state index contributed by atoms with van der Waals surface area (Å²) in [6.07, 6.45) is 0.480. The maximum Gasteiger partial charge on any atom is 0.326 e. The van der Waals surface area contributed by atoms with Crippen LogP contribution in [0, 0.1) is 5.82 Å². The second kappa shape index (κ2) is 8.93. The summed E-state index contributed by atoms with van der Waals surface area (Å²) in [7, 11) is 0. The third kappa shape index (κ3) is 5.63. The third-order valence-corrected chi connectivity index (χ3v) is 3.57. The molecule has 27 heavy (non-hydrogen) atoms. The molecule has 0 aliphatic carbocycles. The Labute approximate surface area is 155 Å². The molecule has 2 rings (SSSR count). The predicted octanol–water partition coefficient (Wildman–Crippen LogP) is 1.90. The molecule has 2 aromatic rings. The first-order chi connectivity index (χ1) is 12.8. The molecule has 8 nitrogen and oxygen atoms in total. The zero-order valence-corrected chi connectivity index (χ0v) is 15.2. The van der Waals surface area contributed by atoms with E-state index in [0.29, 0.717) is 5.82 Å². The minimum Gasteiger partial charge on any atom is -0.451 e. The first kappa shape index (κ1) is 20.1. The van der Waals surface area contributed by atoms with Gasteiger partial charge in [-0.25, -0.2) is 9.07 Å². The van der Waals surface area contributed by atoms with Crippen LogP contribution in [0.1, 0.15) is 37.2 Å². The standard InChI is InChI=1S/C18H21FN4O4/c1-11(2)23-15(7-8-21-23)22-17(25)12(3)27-16(24)10-20-18(26)13-5-4-6-14(19)9-13/h4-9,11-12H,10H2,1-3H3,(H,20,26)(H,22,25)/t12-/m1/s1. The maximum atomic E-state index is 13.1. The molecule has 0 bridgehead atoms. The molecular weight excluding hydrogens is 355 g/mol. The van der Waals surface area contributed by atoms with Gasteiger partial charge in [-0.15, -0.1) is 0 Å². The van der Waals surface area contributed by atoms with Crippen molar-refractivity contribution >= 4 is 23.6 Å². The van der Waals surface area contributed by atoms with Crippen LogP contribution in [0.15, 0.2) is 36.5 Å². The van der Waals surface area contributed by atoms with Crippen molar-refractivity contribution in [3.8, 4) is 0 Å². The minimum atomic E-state index is -1.07. The first-order valence-electron chi connectivity index (χ1n) is 8.35. The van der Waals surface area contributed by atoms with Crippen LogP contribution in [-0.4, -0.2) is 40.2 Å². The fourth-order valence-electron chi connectivity index (χ4n) is 2.23. The van der Waals surface area contributed by atoms with E-state index in [0.717, 1.165) is 6.07 Å². The maximum absolute atomic E-state index is 13.1. The normalized spacial score (nSPS) is 11.7. The van der Waals surface area contributed by atoms with Gasteiger partial charge in [0.2, 0.25) is 0 Å². The molecule has 9 heteroatoms. The minimum absolute atomic E-state index is 0.0474. The topological polar surface area (TPSA) is 102 Å². The number of anilines is 1. The fourth-order valence-corrected chi connectivity index (χ4v) is 2.23. The molecule has 0 aliphatic heterocycles. The van der Waals surface area contributed by atoms with Crippen molar-refractivity contribution in [2.45, 2.75) is 32.9 Å². The molecule has 0 fully saturated rings. The summed E-state index contributed by atoms with van der Waals surface area (Å²) in [6.45, 7) is 4.79. The number of esters is 1. The second-order valence-corrected chi connectivity index (χ2v) is 6.07. The van der Waals surface area contributed by atoms with Crippen molar-refractivity contribution in [2.24, 2.45) is 0 Å². The number of nitrogens with one attached hydrogen (secondary N) is 2. The lowest BCUT2D eigenvalue weighted by molar-refractivity contribution is -0.152. The Morgan fingerprint density at radius 1 is 1.22 bits per heavy atom. The van der Waals surface area contributed by atoms with Gasteiger partial charge in [0.25, 0.3) is 11.8 Å². The molecular formula is C18H21FN4O4. The summed E-state index contributed by atoms with van der Waals surface area (Å²) < 4.78 is 19.7. The Balaban J connectivity index is 1.83. The number of hydrogen-bond acceptors (Lipinski definition) is 5. The van der Waals surface area contributed by atoms with Gasteiger partial charge >= 0.3 is 5.97 Å². The van der Waals surface area contributed by atoms with Crippen molar-refractivity contribution < 1.29 is 23.5 Å². The van der Waals surface area contributed by atoms with Gasteiger partial charge in [-0.3, -0.25) is 14.4 Å². The van der Waals surface area contributed by atoms with E-state index in [9.17, 15) is 18.8 Å². The van der Waals surface area contributed by atoms with Crippen molar-refractivity contribution in [2.75, 3.05) is 11.9 Å². The van der Waals surface area contributed by atoms with Crippen LogP contribution in [0.5, 0.6) is 0 Å². The number of rotatable bonds is 7. The van der Waals surface area contributed by atoms with Gasteiger partial charge in [0.15, 0.2) is 6.10 Å². The molecule has 0 spiro atoms. The van der Waals surface area contributed by atoms with E-state index in [2.05, 4.69) is 15.7 Å². The molecule has 0 saturated carbocycles. The largest absolute Gasteiger partial charge is 0.451 e. The highest BCUT2D eigenvalue weighted by atomic mass is 19.1. The number of carbonyl (C=O) groups is 3. The van der Waals surface area contributed by atoms with Gasteiger partial charge in [0.05, 0.1) is 6.20 Å². The number of nitrogens with zero attached hydrogens (tertiary/aromatic N) is 2. The van der Waals surface area contributed by atoms with Gasteiger partial charge in [0.1, 0.15) is 18.2 Å². The van der Waals surface area contributed by atoms with E-state index in [1.54, 1.807) is 16.9 Å². The van der Waals surface area contributed by atoms with Crippen LogP contribution in [0.3, 0.4) is 0 Å². The van der Waals surface area contributed by atoms with E-state index in [-0.39, 0.29) is 11.6 Å². The van der Waals surface area contributed by atoms with Crippen molar-refractivity contribution in [1.29, 1.82) is 0 Å². The highest BCUT2D eigenvalue weighted by Gasteiger charge is 2.20. The summed E-state index contributed by atoms with van der Waals surface area (Å²) in [5, 5.41) is 9.04. The van der Waals surface area contributed by atoms with Crippen LogP contribution in [0.4, 0.5) is 10.2 Å². The molecule has 0 aliphatic rings. The van der Waals surface area contributed by atoms with Crippen molar-refractivity contribution in [1.82, 2.24) is 15.1 Å². The molecule has 0 radical (unpaired) electrons. The SMILES string of the molecule is CC(C)n1nccc1NC(=O)[C@@H](C)OC(=O)CNC(=O)c1cccc(F)c1. The van der Waals surface area contributed by atoms with Gasteiger partial charge in [-0.2, -0.15) is 5.10 Å². The van der Waals surface area contributed by atoms with E-state index < -0.39 is 36.2 Å². The smallest absolute Gasteiger partial charge is 0.326 e. The predicted molar refractivity (Wildman–Crippen MR) is 95.5 cm³/mol. The number of halogens is 1. The molecule has 1 atom stereocenters. The van der Waals surface area contributed by atoms with E-state index in [1.807, 2.05) is 13.8 Å². The average molecular weight is 376 g/mol. The van der Waals surface area contributed by atoms with E-state index in [1.165, 1.54) is 25.1 Å². The Kier molecular flexibility index (Phi) is 6.64. The second-order valence-electron chi connectivity index (χ2n) is 6.07. The summed E-state index contributed by atoms with van der Waals surface area (Å²) in [5.41, 5.74) is 0.0792. The zero-order chi connectivity index (χ0) is 20.0. The Morgan fingerprint density at radius 2 is 1.96 bits per heavy atom. The highest BCUT2D eigenvalue weighted by Crippen LogP contribution is 2.13. The average Bonchev–Trinajstić information content (AvgIpc) is 3.08. The van der Waals surface area contributed by atoms with Crippen LogP contribution >= 0.6 is 0 Å². The summed E-state index contributed by atoms with van der Waals surface area (Å²) in [5.74, 6) is -2.01. The number of benzene rings is 1. The third-order valence-electron chi connectivity index (χ3n) is 3.57. The van der Waals surface area contributed by atoms with E-state index >= 15 is 0 Å². The van der Waals surface area contributed by atoms with Crippen molar-refractivity contribution in [3.63, 3.8) is 0 Å². The number of amides is 2. The summed E-state index contributed by atoms with van der Waals surface area (Å²) in [4.78, 5) is 35.8. The van der Waals surface area contributed by atoms with Crippen molar-refractivity contribution in [3.05, 3.63) is 47.9 Å². The van der Waals surface area contributed by atoms with Gasteiger partial charge < -0.3 is 15.4 Å². The monoisotopic (exact) mass is 376 g/mol. The quantitative estimate of drug-likeness (QED) is 0.719. The Hall–Kier alpha value is -3.23. The zero-order valence-electron chi connectivity index (χ0n) is 15.2. The molecule has 1 aromatic heterocycles. The Morgan fingerprint density at radius 3 is 2.63 bits per heavy atom. The lowest BCUT2D eigenvalue weighted by Crippen LogP contribution is -2.36. The number of carbonyl (C=O) groups excluding carboxylic acids is 3. The first-order valence-corrected chi connectivity index (χ1v) is 8.35. The highest BCUT2D eigenvalue weighted by molar-refractivity contribution is 5.97. The molecule has 2 N–H and O–H groups in total. The van der Waals surface area contributed by atoms with Gasteiger partial charge in [-0.05, 0) is 39.0 Å². The molecule has 1 aromatic carbocycles. The lowest BCUT2D eigenvalue weighted by atomic mass is 10.2. The Bertz CT molecular complexity index is 834. The molecule has 0 saturated heterocycles. The van der Waals surface area contributed by atoms with Crippen LogP contribution in [-0.2, 0) is 14.3 Å². The van der Waals surface area contributed by atoms with Crippen LogP contribution in [0.25, 0.3) is 0 Å². The molecule has 2 amide bonds. The van der Waals surface area contributed by atoms with E-state index in [4.69, 9.17) is 4.74 Å². The van der Waals surface area contributed by atoms with Crippen LogP contribution < -0.4 is 10.6 Å². The fraction of sp³-hybridized carbons (Fsp3) is 0.333. The number of hydrogen-bond donors (Lipinski definition) is 2. The lowest BCUT2D eigenvalue weighted by Gasteiger charge is -2.16. The summed E-state index contributed by atoms with van der Waals surface area (Å²) >= 11 is 0. The van der Waals surface area contributed by atoms with Gasteiger partial charge in [-0.1, -0.05) is 6.07 Å². The molecule has 0 unspecified atom stereocenters.